The van der Waals surface area contributed by atoms with E-state index in [-0.39, 0.29) is 5.69 Å². The van der Waals surface area contributed by atoms with E-state index in [2.05, 4.69) is 5.32 Å². The van der Waals surface area contributed by atoms with Gasteiger partial charge in [-0.2, -0.15) is 31.6 Å². The van der Waals surface area contributed by atoms with E-state index in [1.54, 1.807) is 0 Å². The van der Waals surface area contributed by atoms with Gasteiger partial charge in [0.15, 0.2) is 0 Å². The maximum atomic E-state index is 13.3. The summed E-state index contributed by atoms with van der Waals surface area (Å²) in [6.07, 6.45) is -11.7. The third kappa shape index (κ3) is 2.09. The Balaban J connectivity index is 2.85. The maximum absolute atomic E-state index is 13.3. The Kier molecular flexibility index (Phi) is 3.39. The SMILES string of the molecule is N#CC1=C(N)Nc2ccccc2NC1(C(F)(F)F)C(F)(F)F. The Hall–Kier alpha value is -2.57. The number of hydrogen-bond acceptors (Lipinski definition) is 4. The van der Waals surface area contributed by atoms with Gasteiger partial charge in [0.05, 0.1) is 11.4 Å². The van der Waals surface area contributed by atoms with E-state index in [1.807, 2.05) is 0 Å². The third-order valence-corrected chi connectivity index (χ3v) is 3.13. The topological polar surface area (TPSA) is 73.9 Å². The predicted octanol–water partition coefficient (Wildman–Crippen LogP) is 3.08. The molecule has 1 aromatic rings. The quantitative estimate of drug-likeness (QED) is 0.642. The second-order valence-electron chi connectivity index (χ2n) is 4.44. The second kappa shape index (κ2) is 4.72. The zero-order chi connectivity index (χ0) is 16.8. The van der Waals surface area contributed by atoms with Crippen molar-refractivity contribution in [3.8, 4) is 6.07 Å². The number of anilines is 2. The lowest BCUT2D eigenvalue weighted by Gasteiger charge is -2.37. The molecule has 4 N–H and O–H groups in total. The number of fused-ring (bicyclic) bond motifs is 1. The van der Waals surface area contributed by atoms with Gasteiger partial charge in [-0.25, -0.2) is 0 Å². The number of nitrogens with zero attached hydrogens (tertiary/aromatic N) is 1. The van der Waals surface area contributed by atoms with E-state index in [1.165, 1.54) is 23.5 Å². The number of alkyl halides is 6. The van der Waals surface area contributed by atoms with Gasteiger partial charge < -0.3 is 16.4 Å². The van der Waals surface area contributed by atoms with Crippen molar-refractivity contribution >= 4 is 11.4 Å². The molecule has 0 unspecified atom stereocenters. The van der Waals surface area contributed by atoms with Crippen LogP contribution in [0.15, 0.2) is 35.7 Å². The number of nitrogens with two attached hydrogens (primary N) is 1. The minimum Gasteiger partial charge on any atom is -0.384 e. The molecule has 0 bridgehead atoms. The molecule has 0 saturated heterocycles. The Labute approximate surface area is 120 Å². The molecule has 118 valence electrons. The highest BCUT2D eigenvalue weighted by Gasteiger charge is 2.74. The average molecular weight is 322 g/mol. The number of nitriles is 1. The van der Waals surface area contributed by atoms with Crippen molar-refractivity contribution in [2.75, 3.05) is 10.6 Å². The number of hydrogen-bond donors (Lipinski definition) is 3. The molecule has 0 aromatic heterocycles. The molecule has 1 aromatic carbocycles. The molecule has 10 heteroatoms. The van der Waals surface area contributed by atoms with Gasteiger partial charge in [0, 0.05) is 0 Å². The molecule has 0 atom stereocenters. The summed E-state index contributed by atoms with van der Waals surface area (Å²) in [5, 5.41) is 12.5. The Morgan fingerprint density at radius 3 is 1.95 bits per heavy atom. The molecule has 0 saturated carbocycles. The number of benzene rings is 1. The Bertz CT molecular complexity index is 653. The van der Waals surface area contributed by atoms with Gasteiger partial charge >= 0.3 is 12.4 Å². The lowest BCUT2D eigenvalue weighted by atomic mass is 9.88. The van der Waals surface area contributed by atoms with Crippen LogP contribution >= 0.6 is 0 Å². The lowest BCUT2D eigenvalue weighted by Crippen LogP contribution is -2.63. The molecule has 1 heterocycles. The van der Waals surface area contributed by atoms with Crippen molar-refractivity contribution in [1.29, 1.82) is 5.26 Å². The molecule has 0 radical (unpaired) electrons. The molecule has 4 nitrogen and oxygen atoms in total. The van der Waals surface area contributed by atoms with Crippen molar-refractivity contribution in [3.05, 3.63) is 35.7 Å². The summed E-state index contributed by atoms with van der Waals surface area (Å²) in [5.41, 5.74) is -1.60. The number of rotatable bonds is 0. The largest absolute Gasteiger partial charge is 0.425 e. The lowest BCUT2D eigenvalue weighted by molar-refractivity contribution is -0.274. The van der Waals surface area contributed by atoms with Crippen LogP contribution in [0.4, 0.5) is 37.7 Å². The molecule has 1 aliphatic rings. The molecule has 22 heavy (non-hydrogen) atoms. The summed E-state index contributed by atoms with van der Waals surface area (Å²) >= 11 is 0. The van der Waals surface area contributed by atoms with E-state index < -0.39 is 35.0 Å². The molecule has 0 amide bonds. The number of nitrogens with one attached hydrogen (secondary N) is 2. The standard InChI is InChI=1S/C12H8F6N4/c13-11(14,15)10(12(16,17)18)6(5-19)9(20)21-7-3-1-2-4-8(7)22-10/h1-4,21-22H,20H2. The van der Waals surface area contributed by atoms with Gasteiger partial charge in [-0.15, -0.1) is 0 Å². The summed E-state index contributed by atoms with van der Waals surface area (Å²) in [6.45, 7) is 0. The van der Waals surface area contributed by atoms with Crippen LogP contribution in [0.1, 0.15) is 0 Å². The van der Waals surface area contributed by atoms with Crippen molar-refractivity contribution in [3.63, 3.8) is 0 Å². The molecule has 0 fully saturated rings. The van der Waals surface area contributed by atoms with Crippen LogP contribution in [0.2, 0.25) is 0 Å². The maximum Gasteiger partial charge on any atom is 0.425 e. The number of halogens is 6. The summed E-state index contributed by atoms with van der Waals surface area (Å²) in [5.74, 6) is -1.02. The zero-order valence-electron chi connectivity index (χ0n) is 10.6. The van der Waals surface area contributed by atoms with Gasteiger partial charge in [-0.1, -0.05) is 12.1 Å². The summed E-state index contributed by atoms with van der Waals surface area (Å²) < 4.78 is 80.0. The highest BCUT2D eigenvalue weighted by molar-refractivity contribution is 5.76. The minimum atomic E-state index is -5.85. The second-order valence-corrected chi connectivity index (χ2v) is 4.44. The van der Waals surface area contributed by atoms with Gasteiger partial charge in [-0.3, -0.25) is 0 Å². The van der Waals surface area contributed by atoms with Crippen molar-refractivity contribution in [2.45, 2.75) is 17.9 Å². The normalized spacial score (nSPS) is 17.7. The first kappa shape index (κ1) is 15.8. The molecule has 0 spiro atoms. The third-order valence-electron chi connectivity index (χ3n) is 3.13. The first-order valence-corrected chi connectivity index (χ1v) is 5.72. The minimum absolute atomic E-state index is 0.108. The fourth-order valence-corrected chi connectivity index (χ4v) is 2.11. The van der Waals surface area contributed by atoms with Crippen LogP contribution in [-0.4, -0.2) is 17.9 Å². The van der Waals surface area contributed by atoms with Crippen molar-refractivity contribution in [2.24, 2.45) is 5.73 Å². The molecular formula is C12H8F6N4. The first-order valence-electron chi connectivity index (χ1n) is 5.72. The van der Waals surface area contributed by atoms with Crippen LogP contribution in [0.5, 0.6) is 0 Å². The van der Waals surface area contributed by atoms with Crippen LogP contribution in [0, 0.1) is 11.3 Å². The van der Waals surface area contributed by atoms with E-state index >= 15 is 0 Å². The van der Waals surface area contributed by atoms with Gasteiger partial charge in [0.1, 0.15) is 17.5 Å². The van der Waals surface area contributed by atoms with E-state index in [4.69, 9.17) is 11.0 Å². The van der Waals surface area contributed by atoms with E-state index in [0.717, 1.165) is 12.1 Å². The van der Waals surface area contributed by atoms with Crippen LogP contribution < -0.4 is 16.4 Å². The van der Waals surface area contributed by atoms with Gasteiger partial charge in [0.25, 0.3) is 5.54 Å². The van der Waals surface area contributed by atoms with Crippen LogP contribution in [0.3, 0.4) is 0 Å². The van der Waals surface area contributed by atoms with Gasteiger partial charge in [-0.05, 0) is 12.1 Å². The van der Waals surface area contributed by atoms with E-state index in [0.29, 0.717) is 0 Å². The van der Waals surface area contributed by atoms with E-state index in [9.17, 15) is 26.3 Å². The zero-order valence-corrected chi connectivity index (χ0v) is 10.6. The van der Waals surface area contributed by atoms with Crippen molar-refractivity contribution in [1.82, 2.24) is 0 Å². The molecule has 0 aliphatic carbocycles. The van der Waals surface area contributed by atoms with Gasteiger partial charge in [0.2, 0.25) is 0 Å². The predicted molar refractivity (Wildman–Crippen MR) is 65.4 cm³/mol. The monoisotopic (exact) mass is 322 g/mol. The van der Waals surface area contributed by atoms with Crippen molar-refractivity contribution < 1.29 is 26.3 Å². The molecule has 2 rings (SSSR count). The smallest absolute Gasteiger partial charge is 0.384 e. The fraction of sp³-hybridized carbons (Fsp3) is 0.250. The van der Waals surface area contributed by atoms with Crippen LogP contribution in [-0.2, 0) is 0 Å². The molecular weight excluding hydrogens is 314 g/mol. The summed E-state index contributed by atoms with van der Waals surface area (Å²) in [7, 11) is 0. The highest BCUT2D eigenvalue weighted by atomic mass is 19.4. The molecule has 1 aliphatic heterocycles. The summed E-state index contributed by atoms with van der Waals surface area (Å²) in [6, 6.07) is 5.81. The Morgan fingerprint density at radius 2 is 1.50 bits per heavy atom. The average Bonchev–Trinajstić information content (AvgIpc) is 2.50. The number of para-hydroxylation sites is 2. The summed E-state index contributed by atoms with van der Waals surface area (Å²) in [4.78, 5) is 0. The Morgan fingerprint density at radius 1 is 1.00 bits per heavy atom. The first-order chi connectivity index (χ1) is 10.0. The van der Waals surface area contributed by atoms with Crippen LogP contribution in [0.25, 0.3) is 0 Å². The fourth-order valence-electron chi connectivity index (χ4n) is 2.11. The highest BCUT2D eigenvalue weighted by Crippen LogP contribution is 2.51.